The fourth-order valence-electron chi connectivity index (χ4n) is 1.92. The van der Waals surface area contributed by atoms with E-state index in [4.69, 9.17) is 4.84 Å². The van der Waals surface area contributed by atoms with Crippen LogP contribution in [-0.4, -0.2) is 15.8 Å². The lowest BCUT2D eigenvalue weighted by Gasteiger charge is -2.07. The third kappa shape index (κ3) is 2.04. The van der Waals surface area contributed by atoms with Crippen LogP contribution in [0.5, 0.6) is 5.75 Å². The van der Waals surface area contributed by atoms with E-state index in [0.717, 1.165) is 10.9 Å². The quantitative estimate of drug-likeness (QED) is 0.763. The maximum absolute atomic E-state index is 12.0. The molecule has 0 fully saturated rings. The van der Waals surface area contributed by atoms with E-state index >= 15 is 0 Å². The van der Waals surface area contributed by atoms with Crippen LogP contribution in [0, 0.1) is 0 Å². The zero-order valence-corrected chi connectivity index (χ0v) is 9.98. The molecule has 0 aliphatic rings. The summed E-state index contributed by atoms with van der Waals surface area (Å²) < 4.78 is 1.39. The molecule has 94 valence electrons. The molecule has 0 saturated carbocycles. The number of aromatic nitrogens is 1. The van der Waals surface area contributed by atoms with Gasteiger partial charge in [0, 0.05) is 11.6 Å². The lowest BCUT2D eigenvalue weighted by atomic mass is 10.2. The normalized spacial score (nSPS) is 10.5. The van der Waals surface area contributed by atoms with Crippen LogP contribution in [0.15, 0.2) is 60.8 Å². The minimum atomic E-state index is -0.598. The minimum absolute atomic E-state index is 0.0936. The van der Waals surface area contributed by atoms with E-state index in [9.17, 15) is 9.90 Å². The third-order valence-electron chi connectivity index (χ3n) is 2.87. The van der Waals surface area contributed by atoms with Gasteiger partial charge in [0.25, 0.3) is 0 Å². The number of para-hydroxylation sites is 2. The number of phenolic OH excluding ortho intramolecular Hbond substituents is 1. The second kappa shape index (κ2) is 4.49. The lowest BCUT2D eigenvalue weighted by molar-refractivity contribution is 0.0479. The van der Waals surface area contributed by atoms with Gasteiger partial charge in [0.1, 0.15) is 11.3 Å². The van der Waals surface area contributed by atoms with Gasteiger partial charge in [0.2, 0.25) is 0 Å². The molecule has 1 heterocycles. The smallest absolute Gasteiger partial charge is 0.367 e. The number of carbonyl (C=O) groups excluding carboxylic acids is 1. The van der Waals surface area contributed by atoms with Crippen molar-refractivity contribution in [2.75, 3.05) is 0 Å². The summed E-state index contributed by atoms with van der Waals surface area (Å²) >= 11 is 0. The zero-order chi connectivity index (χ0) is 13.2. The number of fused-ring (bicyclic) bond motifs is 1. The van der Waals surface area contributed by atoms with Gasteiger partial charge in [-0.1, -0.05) is 30.3 Å². The highest BCUT2D eigenvalue weighted by Crippen LogP contribution is 2.18. The molecule has 19 heavy (non-hydrogen) atoms. The lowest BCUT2D eigenvalue weighted by Crippen LogP contribution is -2.18. The van der Waals surface area contributed by atoms with E-state index in [0.29, 0.717) is 0 Å². The van der Waals surface area contributed by atoms with Crippen LogP contribution in [0.25, 0.3) is 10.9 Å². The topological polar surface area (TPSA) is 51.5 Å². The summed E-state index contributed by atoms with van der Waals surface area (Å²) in [5, 5.41) is 10.6. The standard InChI is InChI=1S/C15H11NO3/c17-14-8-4-2-6-12(14)15(18)19-16-10-9-11-5-1-3-7-13(11)16/h1-10,17H. The van der Waals surface area contributed by atoms with Crippen molar-refractivity contribution in [3.05, 3.63) is 66.4 Å². The first-order chi connectivity index (χ1) is 9.25. The molecule has 0 spiro atoms. The number of rotatable bonds is 2. The van der Waals surface area contributed by atoms with E-state index < -0.39 is 5.97 Å². The van der Waals surface area contributed by atoms with Crippen molar-refractivity contribution in [2.45, 2.75) is 0 Å². The average molecular weight is 253 g/mol. The van der Waals surface area contributed by atoms with Crippen molar-refractivity contribution in [3.63, 3.8) is 0 Å². The number of hydrogen-bond acceptors (Lipinski definition) is 3. The van der Waals surface area contributed by atoms with Gasteiger partial charge in [0.15, 0.2) is 0 Å². The molecule has 0 aliphatic heterocycles. The van der Waals surface area contributed by atoms with E-state index in [1.807, 2.05) is 30.3 Å². The summed E-state index contributed by atoms with van der Waals surface area (Å²) in [6.45, 7) is 0. The van der Waals surface area contributed by atoms with Gasteiger partial charge in [-0.25, -0.2) is 4.79 Å². The largest absolute Gasteiger partial charge is 0.507 e. The molecular formula is C15H11NO3. The van der Waals surface area contributed by atoms with E-state index in [2.05, 4.69) is 0 Å². The molecule has 0 atom stereocenters. The molecule has 0 radical (unpaired) electrons. The molecule has 0 bridgehead atoms. The highest BCUT2D eigenvalue weighted by molar-refractivity contribution is 5.93. The summed E-state index contributed by atoms with van der Waals surface area (Å²) in [5.41, 5.74) is 0.937. The summed E-state index contributed by atoms with van der Waals surface area (Å²) in [5.74, 6) is -0.691. The van der Waals surface area contributed by atoms with Gasteiger partial charge in [0.05, 0.1) is 5.52 Å². The van der Waals surface area contributed by atoms with E-state index in [1.54, 1.807) is 18.3 Å². The van der Waals surface area contributed by atoms with Crippen molar-refractivity contribution in [1.82, 2.24) is 4.73 Å². The van der Waals surface area contributed by atoms with Crippen LogP contribution >= 0.6 is 0 Å². The summed E-state index contributed by atoms with van der Waals surface area (Å²) in [6.07, 6.45) is 1.67. The summed E-state index contributed by atoms with van der Waals surface area (Å²) in [6, 6.07) is 15.7. The number of benzene rings is 2. The first kappa shape index (κ1) is 11.3. The Morgan fingerprint density at radius 1 is 1.00 bits per heavy atom. The summed E-state index contributed by atoms with van der Waals surface area (Å²) in [7, 11) is 0. The molecule has 0 amide bonds. The molecule has 4 heteroatoms. The Bertz CT molecular complexity index is 746. The van der Waals surface area contributed by atoms with E-state index in [-0.39, 0.29) is 11.3 Å². The monoisotopic (exact) mass is 253 g/mol. The van der Waals surface area contributed by atoms with Gasteiger partial charge in [-0.3, -0.25) is 0 Å². The second-order valence-electron chi connectivity index (χ2n) is 4.10. The van der Waals surface area contributed by atoms with Gasteiger partial charge >= 0.3 is 5.97 Å². The fraction of sp³-hybridized carbons (Fsp3) is 0. The Morgan fingerprint density at radius 3 is 2.58 bits per heavy atom. The van der Waals surface area contributed by atoms with Crippen LogP contribution in [0.3, 0.4) is 0 Å². The average Bonchev–Trinajstić information content (AvgIpc) is 2.83. The molecule has 4 nitrogen and oxygen atoms in total. The summed E-state index contributed by atoms with van der Waals surface area (Å²) in [4.78, 5) is 17.2. The Hall–Kier alpha value is -2.75. The molecular weight excluding hydrogens is 242 g/mol. The van der Waals surface area contributed by atoms with Gasteiger partial charge < -0.3 is 9.94 Å². The van der Waals surface area contributed by atoms with Crippen LogP contribution in [-0.2, 0) is 0 Å². The SMILES string of the molecule is O=C(On1ccc2ccccc21)c1ccccc1O. The molecule has 1 aromatic heterocycles. The predicted molar refractivity (Wildman–Crippen MR) is 71.0 cm³/mol. The highest BCUT2D eigenvalue weighted by Gasteiger charge is 2.13. The van der Waals surface area contributed by atoms with Gasteiger partial charge in [-0.05, 0) is 24.3 Å². The molecule has 3 rings (SSSR count). The van der Waals surface area contributed by atoms with Crippen molar-refractivity contribution < 1.29 is 14.7 Å². The van der Waals surface area contributed by atoms with Gasteiger partial charge in [-0.15, -0.1) is 0 Å². The first-order valence-corrected chi connectivity index (χ1v) is 5.82. The molecule has 0 aliphatic carbocycles. The fourth-order valence-corrected chi connectivity index (χ4v) is 1.92. The maximum Gasteiger partial charge on any atom is 0.367 e. The molecule has 3 aromatic rings. The van der Waals surface area contributed by atoms with Crippen molar-refractivity contribution in [3.8, 4) is 5.75 Å². The van der Waals surface area contributed by atoms with Crippen LogP contribution in [0.2, 0.25) is 0 Å². The zero-order valence-electron chi connectivity index (χ0n) is 9.98. The Balaban J connectivity index is 1.94. The molecule has 0 unspecified atom stereocenters. The van der Waals surface area contributed by atoms with Gasteiger partial charge in [-0.2, -0.15) is 4.73 Å². The number of phenols is 1. The highest BCUT2D eigenvalue weighted by atomic mass is 16.7. The number of carbonyl (C=O) groups is 1. The van der Waals surface area contributed by atoms with E-state index in [1.165, 1.54) is 16.9 Å². The number of hydrogen-bond donors (Lipinski definition) is 1. The maximum atomic E-state index is 12.0. The number of aromatic hydroxyl groups is 1. The minimum Gasteiger partial charge on any atom is -0.507 e. The Morgan fingerprint density at radius 2 is 1.74 bits per heavy atom. The Kier molecular flexibility index (Phi) is 2.68. The molecule has 0 saturated heterocycles. The number of nitrogens with zero attached hydrogens (tertiary/aromatic N) is 1. The predicted octanol–water partition coefficient (Wildman–Crippen LogP) is 2.62. The Labute approximate surface area is 109 Å². The molecule has 1 N–H and O–H groups in total. The van der Waals surface area contributed by atoms with Crippen molar-refractivity contribution in [1.29, 1.82) is 0 Å². The van der Waals surface area contributed by atoms with Crippen LogP contribution in [0.1, 0.15) is 10.4 Å². The third-order valence-corrected chi connectivity index (χ3v) is 2.87. The second-order valence-corrected chi connectivity index (χ2v) is 4.10. The van der Waals surface area contributed by atoms with Crippen molar-refractivity contribution in [2.24, 2.45) is 0 Å². The van der Waals surface area contributed by atoms with Crippen LogP contribution in [0.4, 0.5) is 0 Å². The molecule has 2 aromatic carbocycles. The van der Waals surface area contributed by atoms with Crippen LogP contribution < -0.4 is 4.84 Å². The van der Waals surface area contributed by atoms with Crippen molar-refractivity contribution >= 4 is 16.9 Å². The first-order valence-electron chi connectivity index (χ1n) is 5.82.